The topological polar surface area (TPSA) is 64.7 Å². The van der Waals surface area contributed by atoms with Gasteiger partial charge in [-0.05, 0) is 24.3 Å². The standard InChI is InChI=1S/C13H12N3O/c14-13(15-11-7-3-1-4-8-11)16(17)12-9-5-2-6-10-12/h1-10H,(H2,14,15)/q-1. The first-order valence-electron chi connectivity index (χ1n) is 5.19. The number of rotatable bonds is 2. The zero-order valence-electron chi connectivity index (χ0n) is 9.15. The minimum atomic E-state index is -0.0811. The van der Waals surface area contributed by atoms with Gasteiger partial charge in [0.25, 0.3) is 0 Å². The number of nitrogens with two attached hydrogens (primary N) is 1. The molecule has 0 aliphatic carbocycles. The van der Waals surface area contributed by atoms with Crippen LogP contribution < -0.4 is 10.8 Å². The minimum Gasteiger partial charge on any atom is -0.752 e. The molecule has 0 unspecified atom stereocenters. The molecule has 0 fully saturated rings. The highest BCUT2D eigenvalue weighted by Crippen LogP contribution is 2.14. The molecule has 4 heteroatoms. The Morgan fingerprint density at radius 2 is 1.47 bits per heavy atom. The SMILES string of the molecule is NC(=Nc1ccccc1)N([O-])c1ccccc1. The van der Waals surface area contributed by atoms with Crippen molar-refractivity contribution in [2.45, 2.75) is 0 Å². The third kappa shape index (κ3) is 2.83. The van der Waals surface area contributed by atoms with Crippen LogP contribution in [0.4, 0.5) is 11.4 Å². The Kier molecular flexibility index (Phi) is 3.37. The second-order valence-corrected chi connectivity index (χ2v) is 3.44. The van der Waals surface area contributed by atoms with Gasteiger partial charge in [0.15, 0.2) is 5.96 Å². The van der Waals surface area contributed by atoms with Gasteiger partial charge in [0.1, 0.15) is 0 Å². The lowest BCUT2D eigenvalue weighted by Crippen LogP contribution is -2.31. The number of guanidine groups is 1. The zero-order valence-corrected chi connectivity index (χ0v) is 9.15. The third-order valence-corrected chi connectivity index (χ3v) is 2.20. The molecule has 86 valence electrons. The molecule has 0 atom stereocenters. The highest BCUT2D eigenvalue weighted by molar-refractivity contribution is 5.96. The maximum Gasteiger partial charge on any atom is 0.190 e. The molecule has 0 aliphatic rings. The maximum atomic E-state index is 11.8. The van der Waals surface area contributed by atoms with Crippen molar-refractivity contribution in [2.75, 3.05) is 5.06 Å². The molecule has 0 saturated carbocycles. The number of hydrogen-bond acceptors (Lipinski definition) is 2. The van der Waals surface area contributed by atoms with Crippen LogP contribution in [-0.2, 0) is 0 Å². The summed E-state index contributed by atoms with van der Waals surface area (Å²) in [4.78, 5) is 4.04. The summed E-state index contributed by atoms with van der Waals surface area (Å²) < 4.78 is 0. The van der Waals surface area contributed by atoms with Crippen LogP contribution in [0.2, 0.25) is 0 Å². The summed E-state index contributed by atoms with van der Waals surface area (Å²) in [6.45, 7) is 0. The van der Waals surface area contributed by atoms with Crippen molar-refractivity contribution in [1.82, 2.24) is 0 Å². The zero-order chi connectivity index (χ0) is 12.1. The fourth-order valence-corrected chi connectivity index (χ4v) is 1.38. The number of aliphatic imine (C=N–C) groups is 1. The fraction of sp³-hybridized carbons (Fsp3) is 0. The Balaban J connectivity index is 2.21. The monoisotopic (exact) mass is 226 g/mol. The van der Waals surface area contributed by atoms with Crippen molar-refractivity contribution in [1.29, 1.82) is 0 Å². The van der Waals surface area contributed by atoms with Gasteiger partial charge in [-0.2, -0.15) is 0 Å². The first-order chi connectivity index (χ1) is 8.27. The van der Waals surface area contributed by atoms with Gasteiger partial charge in [0.2, 0.25) is 0 Å². The van der Waals surface area contributed by atoms with E-state index in [4.69, 9.17) is 5.73 Å². The normalized spacial score (nSPS) is 11.2. The smallest absolute Gasteiger partial charge is 0.190 e. The van der Waals surface area contributed by atoms with Crippen LogP contribution in [0.25, 0.3) is 0 Å². The molecule has 0 spiro atoms. The molecule has 4 nitrogen and oxygen atoms in total. The van der Waals surface area contributed by atoms with E-state index in [2.05, 4.69) is 4.99 Å². The third-order valence-electron chi connectivity index (χ3n) is 2.20. The quantitative estimate of drug-likeness (QED) is 0.486. The van der Waals surface area contributed by atoms with Crippen molar-refractivity contribution in [3.05, 3.63) is 65.9 Å². The predicted molar refractivity (Wildman–Crippen MR) is 70.0 cm³/mol. The summed E-state index contributed by atoms with van der Waals surface area (Å²) in [7, 11) is 0. The Labute approximate surface area is 99.6 Å². The van der Waals surface area contributed by atoms with Crippen LogP contribution in [0.3, 0.4) is 0 Å². The lowest BCUT2D eigenvalue weighted by molar-refractivity contribution is 1.29. The molecule has 17 heavy (non-hydrogen) atoms. The minimum absolute atomic E-state index is 0.0811. The summed E-state index contributed by atoms with van der Waals surface area (Å²) >= 11 is 0. The lowest BCUT2D eigenvalue weighted by atomic mass is 10.3. The first-order valence-corrected chi connectivity index (χ1v) is 5.19. The Morgan fingerprint density at radius 1 is 0.941 bits per heavy atom. The van der Waals surface area contributed by atoms with Crippen molar-refractivity contribution >= 4 is 17.3 Å². The number of para-hydroxylation sites is 2. The van der Waals surface area contributed by atoms with E-state index in [1.165, 1.54) is 0 Å². The van der Waals surface area contributed by atoms with Crippen molar-refractivity contribution < 1.29 is 0 Å². The average Bonchev–Trinajstić information content (AvgIpc) is 2.40. The Morgan fingerprint density at radius 3 is 2.06 bits per heavy atom. The lowest BCUT2D eigenvalue weighted by Gasteiger charge is -2.29. The van der Waals surface area contributed by atoms with E-state index in [-0.39, 0.29) is 5.96 Å². The summed E-state index contributed by atoms with van der Waals surface area (Å²) in [5, 5.41) is 12.4. The molecule has 0 amide bonds. The summed E-state index contributed by atoms with van der Waals surface area (Å²) in [6, 6.07) is 17.9. The van der Waals surface area contributed by atoms with Gasteiger partial charge >= 0.3 is 0 Å². The van der Waals surface area contributed by atoms with Crippen LogP contribution in [0, 0.1) is 5.21 Å². The van der Waals surface area contributed by atoms with Gasteiger partial charge in [-0.15, -0.1) is 0 Å². The second kappa shape index (κ2) is 5.14. The molecule has 2 N–H and O–H groups in total. The largest absolute Gasteiger partial charge is 0.752 e. The highest BCUT2D eigenvalue weighted by Gasteiger charge is 1.98. The molecular weight excluding hydrogens is 214 g/mol. The second-order valence-electron chi connectivity index (χ2n) is 3.44. The van der Waals surface area contributed by atoms with E-state index in [0.29, 0.717) is 16.4 Å². The molecule has 2 aromatic carbocycles. The molecule has 0 bridgehead atoms. The Hall–Kier alpha value is -2.33. The average molecular weight is 226 g/mol. The number of hydroxylamine groups is 1. The van der Waals surface area contributed by atoms with E-state index < -0.39 is 0 Å². The molecule has 0 radical (unpaired) electrons. The van der Waals surface area contributed by atoms with Crippen LogP contribution in [0.1, 0.15) is 0 Å². The van der Waals surface area contributed by atoms with E-state index in [1.54, 1.807) is 36.4 Å². The maximum absolute atomic E-state index is 11.8. The van der Waals surface area contributed by atoms with Gasteiger partial charge < -0.3 is 16.0 Å². The van der Waals surface area contributed by atoms with Gasteiger partial charge in [-0.3, -0.25) is 0 Å². The summed E-state index contributed by atoms with van der Waals surface area (Å²) in [5.74, 6) is -0.0811. The van der Waals surface area contributed by atoms with E-state index in [0.717, 1.165) is 0 Å². The van der Waals surface area contributed by atoms with Crippen LogP contribution in [0.15, 0.2) is 65.7 Å². The first kappa shape index (κ1) is 11.2. The highest BCUT2D eigenvalue weighted by atomic mass is 16.5. The van der Waals surface area contributed by atoms with E-state index >= 15 is 0 Å². The van der Waals surface area contributed by atoms with E-state index in [1.807, 2.05) is 24.3 Å². The number of hydrogen-bond donors (Lipinski definition) is 1. The van der Waals surface area contributed by atoms with Gasteiger partial charge in [-0.1, -0.05) is 36.4 Å². The molecule has 0 saturated heterocycles. The van der Waals surface area contributed by atoms with Crippen LogP contribution >= 0.6 is 0 Å². The van der Waals surface area contributed by atoms with E-state index in [9.17, 15) is 5.21 Å². The number of anilines is 1. The number of nitrogens with zero attached hydrogens (tertiary/aromatic N) is 2. The van der Waals surface area contributed by atoms with Crippen molar-refractivity contribution in [2.24, 2.45) is 10.7 Å². The fourth-order valence-electron chi connectivity index (χ4n) is 1.38. The molecule has 0 aliphatic heterocycles. The Bertz CT molecular complexity index is 497. The molecule has 2 aromatic rings. The number of benzene rings is 2. The molecular formula is C13H12N3O-. The molecule has 0 heterocycles. The van der Waals surface area contributed by atoms with Crippen LogP contribution in [0.5, 0.6) is 0 Å². The summed E-state index contributed by atoms with van der Waals surface area (Å²) in [5.41, 5.74) is 6.76. The van der Waals surface area contributed by atoms with Crippen molar-refractivity contribution in [3.63, 3.8) is 0 Å². The van der Waals surface area contributed by atoms with Crippen molar-refractivity contribution in [3.8, 4) is 0 Å². The predicted octanol–water partition coefficient (Wildman–Crippen LogP) is 2.64. The van der Waals surface area contributed by atoms with Crippen LogP contribution in [-0.4, -0.2) is 5.96 Å². The van der Waals surface area contributed by atoms with Gasteiger partial charge in [-0.25, -0.2) is 4.99 Å². The molecule has 2 rings (SSSR count). The van der Waals surface area contributed by atoms with Gasteiger partial charge in [0, 0.05) is 5.69 Å². The van der Waals surface area contributed by atoms with Gasteiger partial charge in [0.05, 0.1) is 5.69 Å². The summed E-state index contributed by atoms with van der Waals surface area (Å²) in [6.07, 6.45) is 0. The molecule has 0 aromatic heterocycles.